The van der Waals surface area contributed by atoms with Gasteiger partial charge in [-0.25, -0.2) is 4.39 Å². The molecule has 1 rings (SSSR count). The van der Waals surface area contributed by atoms with Crippen molar-refractivity contribution in [2.75, 3.05) is 32.6 Å². The minimum atomic E-state index is -3.60. The lowest BCUT2D eigenvalue weighted by molar-refractivity contribution is -0.116. The van der Waals surface area contributed by atoms with E-state index in [0.29, 0.717) is 25.1 Å². The lowest BCUT2D eigenvalue weighted by atomic mass is 10.0. The van der Waals surface area contributed by atoms with E-state index in [1.165, 1.54) is 6.07 Å². The van der Waals surface area contributed by atoms with Crippen LogP contribution in [0.4, 0.5) is 18.9 Å². The summed E-state index contributed by atoms with van der Waals surface area (Å²) in [6.45, 7) is 4.94. The van der Waals surface area contributed by atoms with Gasteiger partial charge in [0.15, 0.2) is 6.67 Å². The normalized spacial score (nSPS) is 12.4. The smallest absolute Gasteiger partial charge is 0.301 e. The van der Waals surface area contributed by atoms with Crippen LogP contribution < -0.4 is 10.6 Å². The number of halogens is 3. The Morgan fingerprint density at radius 1 is 1.19 bits per heavy atom. The van der Waals surface area contributed by atoms with Gasteiger partial charge in [0.05, 0.1) is 0 Å². The first-order valence-corrected chi connectivity index (χ1v) is 10.4. The molecule has 0 spiro atoms. The highest BCUT2D eigenvalue weighted by molar-refractivity contribution is 5.91. The fourth-order valence-corrected chi connectivity index (χ4v) is 2.93. The summed E-state index contributed by atoms with van der Waals surface area (Å²) in [4.78, 5) is 14.3. The SMILES string of the molecule is C=CCN/C=C(\C/C=C\CC)CCC(=O)Nc1cc(CN(C)C)cc(C(F)(F)CF)c1. The van der Waals surface area contributed by atoms with Crippen molar-refractivity contribution in [1.82, 2.24) is 10.2 Å². The molecule has 2 N–H and O–H groups in total. The van der Waals surface area contributed by atoms with E-state index in [4.69, 9.17) is 0 Å². The highest BCUT2D eigenvalue weighted by atomic mass is 19.3. The predicted molar refractivity (Wildman–Crippen MR) is 122 cm³/mol. The van der Waals surface area contributed by atoms with Crippen LogP contribution >= 0.6 is 0 Å². The molecule has 0 bridgehead atoms. The molecule has 4 nitrogen and oxygen atoms in total. The van der Waals surface area contributed by atoms with Crippen molar-refractivity contribution in [3.63, 3.8) is 0 Å². The van der Waals surface area contributed by atoms with Crippen molar-refractivity contribution in [3.8, 4) is 0 Å². The molecule has 0 aliphatic rings. The van der Waals surface area contributed by atoms with Gasteiger partial charge in [0.25, 0.3) is 0 Å². The monoisotopic (exact) mass is 437 g/mol. The van der Waals surface area contributed by atoms with Gasteiger partial charge in [-0.2, -0.15) is 8.78 Å². The Hall–Kier alpha value is -2.54. The lowest BCUT2D eigenvalue weighted by Gasteiger charge is -2.18. The first-order valence-electron chi connectivity index (χ1n) is 10.4. The minimum Gasteiger partial charge on any atom is -0.387 e. The van der Waals surface area contributed by atoms with Gasteiger partial charge in [-0.05, 0) is 63.3 Å². The van der Waals surface area contributed by atoms with Crippen LogP contribution in [0.15, 0.2) is 54.8 Å². The summed E-state index contributed by atoms with van der Waals surface area (Å²) in [6, 6.07) is 4.06. The third-order valence-electron chi connectivity index (χ3n) is 4.39. The second-order valence-corrected chi connectivity index (χ2v) is 7.63. The number of amides is 1. The third-order valence-corrected chi connectivity index (χ3v) is 4.39. The number of hydrogen-bond donors (Lipinski definition) is 2. The maximum Gasteiger partial charge on any atom is 0.301 e. The first-order chi connectivity index (χ1) is 14.7. The lowest BCUT2D eigenvalue weighted by Crippen LogP contribution is -2.19. The van der Waals surface area contributed by atoms with E-state index in [0.717, 1.165) is 24.5 Å². The Balaban J connectivity index is 2.90. The number of rotatable bonds is 14. The van der Waals surface area contributed by atoms with Gasteiger partial charge in [-0.1, -0.05) is 30.7 Å². The highest BCUT2D eigenvalue weighted by Crippen LogP contribution is 2.31. The number of hydrogen-bond acceptors (Lipinski definition) is 3. The molecule has 1 aromatic rings. The second kappa shape index (κ2) is 13.7. The molecule has 0 saturated heterocycles. The van der Waals surface area contributed by atoms with Crippen molar-refractivity contribution >= 4 is 11.6 Å². The molecular weight excluding hydrogens is 403 g/mol. The van der Waals surface area contributed by atoms with Crippen molar-refractivity contribution in [3.05, 3.63) is 65.9 Å². The molecule has 0 atom stereocenters. The maximum atomic E-state index is 13.9. The average molecular weight is 438 g/mol. The maximum absolute atomic E-state index is 13.9. The van der Waals surface area contributed by atoms with E-state index in [9.17, 15) is 18.0 Å². The van der Waals surface area contributed by atoms with Crippen molar-refractivity contribution in [2.24, 2.45) is 0 Å². The van der Waals surface area contributed by atoms with E-state index in [-0.39, 0.29) is 18.0 Å². The zero-order valence-electron chi connectivity index (χ0n) is 18.7. The van der Waals surface area contributed by atoms with Crippen LogP contribution in [-0.4, -0.2) is 38.1 Å². The zero-order valence-corrected chi connectivity index (χ0v) is 18.7. The van der Waals surface area contributed by atoms with Crippen molar-refractivity contribution in [2.45, 2.75) is 45.1 Å². The van der Waals surface area contributed by atoms with Crippen LogP contribution in [0, 0.1) is 0 Å². The molecule has 0 aliphatic carbocycles. The van der Waals surface area contributed by atoms with E-state index in [1.807, 2.05) is 11.1 Å². The van der Waals surface area contributed by atoms with Crippen LogP contribution in [0.25, 0.3) is 0 Å². The molecule has 0 unspecified atom stereocenters. The second-order valence-electron chi connectivity index (χ2n) is 7.63. The largest absolute Gasteiger partial charge is 0.387 e. The number of alkyl halides is 3. The summed E-state index contributed by atoms with van der Waals surface area (Å²) in [5, 5.41) is 5.81. The molecule has 1 amide bonds. The number of nitrogens with zero attached hydrogens (tertiary/aromatic N) is 1. The van der Waals surface area contributed by atoms with Gasteiger partial charge in [-0.3, -0.25) is 4.79 Å². The van der Waals surface area contributed by atoms with Gasteiger partial charge >= 0.3 is 5.92 Å². The number of carbonyl (C=O) groups is 1. The van der Waals surface area contributed by atoms with E-state index in [2.05, 4.69) is 36.3 Å². The number of nitrogens with one attached hydrogen (secondary N) is 2. The molecular formula is C24H34F3N3O. The highest BCUT2D eigenvalue weighted by Gasteiger charge is 2.32. The Bertz CT molecular complexity index is 773. The quantitative estimate of drug-likeness (QED) is 0.297. The van der Waals surface area contributed by atoms with Gasteiger partial charge in [0, 0.05) is 30.8 Å². The summed E-state index contributed by atoms with van der Waals surface area (Å²) < 4.78 is 40.7. The van der Waals surface area contributed by atoms with E-state index in [1.54, 1.807) is 26.2 Å². The average Bonchev–Trinajstić information content (AvgIpc) is 2.71. The van der Waals surface area contributed by atoms with Crippen LogP contribution in [0.2, 0.25) is 0 Å². The zero-order chi connectivity index (χ0) is 23.3. The van der Waals surface area contributed by atoms with Gasteiger partial charge in [0.2, 0.25) is 5.91 Å². The molecule has 0 saturated carbocycles. The topological polar surface area (TPSA) is 44.4 Å². The van der Waals surface area contributed by atoms with Crippen LogP contribution in [0.1, 0.15) is 43.7 Å². The number of anilines is 1. The summed E-state index contributed by atoms with van der Waals surface area (Å²) in [6.07, 6.45) is 10.1. The molecule has 1 aromatic carbocycles. The van der Waals surface area contributed by atoms with Gasteiger partial charge in [0.1, 0.15) is 0 Å². The van der Waals surface area contributed by atoms with E-state index < -0.39 is 18.2 Å². The minimum absolute atomic E-state index is 0.203. The number of benzene rings is 1. The van der Waals surface area contributed by atoms with Crippen molar-refractivity contribution in [1.29, 1.82) is 0 Å². The summed E-state index contributed by atoms with van der Waals surface area (Å²) in [7, 11) is 3.61. The Morgan fingerprint density at radius 3 is 2.55 bits per heavy atom. The van der Waals surface area contributed by atoms with Gasteiger partial charge < -0.3 is 15.5 Å². The Kier molecular flexibility index (Phi) is 11.7. The predicted octanol–water partition coefficient (Wildman–Crippen LogP) is 5.54. The number of carbonyl (C=O) groups excluding carboxylic acids is 1. The van der Waals surface area contributed by atoms with Crippen molar-refractivity contribution < 1.29 is 18.0 Å². The van der Waals surface area contributed by atoms with Crippen LogP contribution in [-0.2, 0) is 17.3 Å². The molecule has 0 heterocycles. The summed E-state index contributed by atoms with van der Waals surface area (Å²) in [5.74, 6) is -3.88. The van der Waals surface area contributed by atoms with Gasteiger partial charge in [-0.15, -0.1) is 6.58 Å². The number of allylic oxidation sites excluding steroid dienone is 3. The third kappa shape index (κ3) is 10.4. The molecule has 0 fully saturated rings. The molecule has 0 aliphatic heterocycles. The van der Waals surface area contributed by atoms with Crippen LogP contribution in [0.5, 0.6) is 0 Å². The van der Waals surface area contributed by atoms with Crippen LogP contribution in [0.3, 0.4) is 0 Å². The Morgan fingerprint density at radius 2 is 1.94 bits per heavy atom. The Labute approximate surface area is 183 Å². The molecule has 0 aromatic heterocycles. The van der Waals surface area contributed by atoms with E-state index >= 15 is 0 Å². The fraction of sp³-hybridized carbons (Fsp3) is 0.458. The molecule has 0 radical (unpaired) electrons. The molecule has 31 heavy (non-hydrogen) atoms. The summed E-state index contributed by atoms with van der Waals surface area (Å²) >= 11 is 0. The fourth-order valence-electron chi connectivity index (χ4n) is 2.93. The molecule has 172 valence electrons. The molecule has 7 heteroatoms. The first kappa shape index (κ1) is 26.5. The summed E-state index contributed by atoms with van der Waals surface area (Å²) in [5.41, 5.74) is 1.43. The standard InChI is InChI=1S/C24H34F3N3O/c1-5-7-8-9-19(16-28-12-6-2)10-11-23(31)29-22-14-20(17-30(3)4)13-21(15-22)24(26,27)18-25/h6-8,13-16,28H,2,5,9-12,17-18H2,1,3-4H3,(H,29,31)/b8-7-,19-16+.